The number of nitrogens with zero attached hydrogens (tertiary/aromatic N) is 1. The average molecular weight is 211 g/mol. The van der Waals surface area contributed by atoms with Gasteiger partial charge < -0.3 is 4.74 Å². The summed E-state index contributed by atoms with van der Waals surface area (Å²) < 4.78 is 4.95. The zero-order chi connectivity index (χ0) is 12.1. The standard InChI is InChI=1S/C11H17NO3/c1-6-7-9(8(2)13)12-10(14)15-11(3,4)5/h6-7H,1-5H3/b7-6-,12-9?. The van der Waals surface area contributed by atoms with Crippen LogP contribution in [-0.2, 0) is 9.53 Å². The van der Waals surface area contributed by atoms with Gasteiger partial charge in [-0.15, -0.1) is 0 Å². The molecule has 0 aliphatic heterocycles. The van der Waals surface area contributed by atoms with Crippen LogP contribution in [0.4, 0.5) is 4.79 Å². The number of ketones is 1. The number of hydrogen-bond donors (Lipinski definition) is 0. The van der Waals surface area contributed by atoms with Gasteiger partial charge in [0.2, 0.25) is 0 Å². The van der Waals surface area contributed by atoms with E-state index in [2.05, 4.69) is 4.99 Å². The van der Waals surface area contributed by atoms with Crippen LogP contribution in [0, 0.1) is 0 Å². The van der Waals surface area contributed by atoms with Crippen LogP contribution in [0.2, 0.25) is 0 Å². The maximum atomic E-state index is 11.3. The van der Waals surface area contributed by atoms with Crippen LogP contribution in [0.25, 0.3) is 0 Å². The highest BCUT2D eigenvalue weighted by molar-refractivity contribution is 6.44. The molecule has 0 unspecified atom stereocenters. The molecule has 0 atom stereocenters. The lowest BCUT2D eigenvalue weighted by Crippen LogP contribution is -2.23. The van der Waals surface area contributed by atoms with Crippen molar-refractivity contribution >= 4 is 17.6 Å². The van der Waals surface area contributed by atoms with Gasteiger partial charge in [0.25, 0.3) is 0 Å². The predicted molar refractivity (Wildman–Crippen MR) is 59.2 cm³/mol. The highest BCUT2D eigenvalue weighted by atomic mass is 16.6. The van der Waals surface area contributed by atoms with Crippen molar-refractivity contribution in [2.24, 2.45) is 4.99 Å². The molecule has 15 heavy (non-hydrogen) atoms. The van der Waals surface area contributed by atoms with Gasteiger partial charge in [-0.05, 0) is 33.8 Å². The Kier molecular flexibility index (Phi) is 4.91. The van der Waals surface area contributed by atoms with Gasteiger partial charge >= 0.3 is 6.09 Å². The van der Waals surface area contributed by atoms with E-state index in [0.29, 0.717) is 0 Å². The molecule has 0 aromatic rings. The maximum absolute atomic E-state index is 11.3. The van der Waals surface area contributed by atoms with Crippen LogP contribution < -0.4 is 0 Å². The van der Waals surface area contributed by atoms with E-state index in [-0.39, 0.29) is 11.5 Å². The van der Waals surface area contributed by atoms with Gasteiger partial charge in [0, 0.05) is 6.92 Å². The van der Waals surface area contributed by atoms with Crippen LogP contribution >= 0.6 is 0 Å². The summed E-state index contributed by atoms with van der Waals surface area (Å²) in [7, 11) is 0. The number of amides is 1. The molecule has 0 aliphatic carbocycles. The molecule has 0 heterocycles. The van der Waals surface area contributed by atoms with Crippen LogP contribution in [0.1, 0.15) is 34.6 Å². The number of Topliss-reactive ketones (excluding diaryl/α,β-unsaturated/α-hetero) is 1. The molecule has 0 saturated carbocycles. The number of carbonyl (C=O) groups excluding carboxylic acids is 2. The third-order valence-corrected chi connectivity index (χ3v) is 1.29. The van der Waals surface area contributed by atoms with Gasteiger partial charge in [-0.25, -0.2) is 4.79 Å². The van der Waals surface area contributed by atoms with E-state index in [0.717, 1.165) is 0 Å². The second-order valence-corrected chi connectivity index (χ2v) is 4.03. The fourth-order valence-corrected chi connectivity index (χ4v) is 0.774. The van der Waals surface area contributed by atoms with Gasteiger partial charge in [0.15, 0.2) is 5.78 Å². The highest BCUT2D eigenvalue weighted by Crippen LogP contribution is 2.08. The van der Waals surface area contributed by atoms with Crippen LogP contribution in [0.5, 0.6) is 0 Å². The first-order chi connectivity index (χ1) is 6.76. The highest BCUT2D eigenvalue weighted by Gasteiger charge is 2.16. The van der Waals surface area contributed by atoms with Crippen LogP contribution in [0.15, 0.2) is 17.1 Å². The van der Waals surface area contributed by atoms with Crippen molar-refractivity contribution < 1.29 is 14.3 Å². The van der Waals surface area contributed by atoms with Crippen molar-refractivity contribution in [3.05, 3.63) is 12.2 Å². The first-order valence-corrected chi connectivity index (χ1v) is 4.71. The Morgan fingerprint density at radius 3 is 2.13 bits per heavy atom. The number of aliphatic imine (C=N–C) groups is 1. The van der Waals surface area contributed by atoms with Crippen molar-refractivity contribution in [3.63, 3.8) is 0 Å². The van der Waals surface area contributed by atoms with Crippen molar-refractivity contribution in [3.8, 4) is 0 Å². The summed E-state index contributed by atoms with van der Waals surface area (Å²) in [6.45, 7) is 8.31. The van der Waals surface area contributed by atoms with Crippen molar-refractivity contribution in [2.75, 3.05) is 0 Å². The average Bonchev–Trinajstić information content (AvgIpc) is 1.99. The monoisotopic (exact) mass is 211 g/mol. The van der Waals surface area contributed by atoms with E-state index in [1.54, 1.807) is 33.8 Å². The number of rotatable bonds is 2. The third kappa shape index (κ3) is 6.60. The summed E-state index contributed by atoms with van der Waals surface area (Å²) in [6.07, 6.45) is 2.38. The number of allylic oxidation sites excluding steroid dienone is 2. The first kappa shape index (κ1) is 13.5. The molecule has 0 spiro atoms. The summed E-state index contributed by atoms with van der Waals surface area (Å²) >= 11 is 0. The SMILES string of the molecule is C/C=C\C(=NC(=O)OC(C)(C)C)C(C)=O. The molecule has 4 heteroatoms. The number of carbonyl (C=O) groups is 2. The van der Waals surface area contributed by atoms with Crippen molar-refractivity contribution in [1.82, 2.24) is 0 Å². The van der Waals surface area contributed by atoms with E-state index in [4.69, 9.17) is 4.74 Å². The quantitative estimate of drug-likeness (QED) is 0.659. The van der Waals surface area contributed by atoms with E-state index >= 15 is 0 Å². The van der Waals surface area contributed by atoms with Crippen LogP contribution in [-0.4, -0.2) is 23.2 Å². The normalized spacial score (nSPS) is 13.0. The summed E-state index contributed by atoms with van der Waals surface area (Å²) in [4.78, 5) is 25.9. The second kappa shape index (κ2) is 5.44. The van der Waals surface area contributed by atoms with E-state index in [9.17, 15) is 9.59 Å². The molecule has 0 aliphatic rings. The van der Waals surface area contributed by atoms with Gasteiger partial charge in [-0.2, -0.15) is 4.99 Å². The molecular weight excluding hydrogens is 194 g/mol. The summed E-state index contributed by atoms with van der Waals surface area (Å²) in [5.74, 6) is -0.265. The Morgan fingerprint density at radius 1 is 1.27 bits per heavy atom. The van der Waals surface area contributed by atoms with Gasteiger partial charge in [0.05, 0.1) is 0 Å². The molecule has 0 fully saturated rings. The first-order valence-electron chi connectivity index (χ1n) is 4.71. The molecule has 4 nitrogen and oxygen atoms in total. The smallest absolute Gasteiger partial charge is 0.434 e. The third-order valence-electron chi connectivity index (χ3n) is 1.29. The zero-order valence-electron chi connectivity index (χ0n) is 9.83. The lowest BCUT2D eigenvalue weighted by atomic mass is 10.2. The Labute approximate surface area is 90.0 Å². The summed E-state index contributed by atoms with van der Waals surface area (Å²) in [5.41, 5.74) is -0.495. The van der Waals surface area contributed by atoms with Gasteiger partial charge in [-0.3, -0.25) is 4.79 Å². The van der Waals surface area contributed by atoms with Crippen molar-refractivity contribution in [1.29, 1.82) is 0 Å². The van der Waals surface area contributed by atoms with E-state index < -0.39 is 11.7 Å². The minimum Gasteiger partial charge on any atom is -0.442 e. The minimum absolute atomic E-state index is 0.103. The number of ether oxygens (including phenoxy) is 1. The molecule has 0 bridgehead atoms. The lowest BCUT2D eigenvalue weighted by Gasteiger charge is -2.17. The molecule has 0 N–H and O–H groups in total. The maximum Gasteiger partial charge on any atom is 0.434 e. The molecule has 0 aromatic carbocycles. The zero-order valence-corrected chi connectivity index (χ0v) is 9.83. The van der Waals surface area contributed by atoms with Gasteiger partial charge in [0.1, 0.15) is 11.3 Å². The predicted octanol–water partition coefficient (Wildman–Crippen LogP) is 2.53. The molecule has 1 amide bonds. The van der Waals surface area contributed by atoms with Gasteiger partial charge in [-0.1, -0.05) is 6.08 Å². The minimum atomic E-state index is -0.745. The molecule has 0 saturated heterocycles. The topological polar surface area (TPSA) is 55.7 Å². The number of hydrogen-bond acceptors (Lipinski definition) is 3. The Bertz CT molecular complexity index is 308. The van der Waals surface area contributed by atoms with E-state index in [1.807, 2.05) is 0 Å². The van der Waals surface area contributed by atoms with E-state index in [1.165, 1.54) is 13.0 Å². The molecular formula is C11H17NO3. The molecule has 0 aromatic heterocycles. The Balaban J connectivity index is 4.70. The van der Waals surface area contributed by atoms with Crippen LogP contribution in [0.3, 0.4) is 0 Å². The Morgan fingerprint density at radius 2 is 1.80 bits per heavy atom. The second-order valence-electron chi connectivity index (χ2n) is 4.03. The van der Waals surface area contributed by atoms with Crippen molar-refractivity contribution in [2.45, 2.75) is 40.2 Å². The Hall–Kier alpha value is -1.45. The molecule has 0 rings (SSSR count). The largest absolute Gasteiger partial charge is 0.442 e. The summed E-state index contributed by atoms with van der Waals surface area (Å²) in [6, 6.07) is 0. The lowest BCUT2D eigenvalue weighted by molar-refractivity contribution is -0.111. The fraction of sp³-hybridized carbons (Fsp3) is 0.545. The fourth-order valence-electron chi connectivity index (χ4n) is 0.774. The summed E-state index contributed by atoms with van der Waals surface area (Å²) in [5, 5.41) is 0. The molecule has 84 valence electrons. The molecule has 0 radical (unpaired) electrons.